The maximum atomic E-state index is 12.6. The van der Waals surface area contributed by atoms with Crippen LogP contribution in [-0.4, -0.2) is 32.0 Å². The van der Waals surface area contributed by atoms with Gasteiger partial charge < -0.3 is 9.84 Å². The monoisotopic (exact) mass is 339 g/mol. The number of hydrogen-bond acceptors (Lipinski definition) is 4. The van der Waals surface area contributed by atoms with Crippen LogP contribution in [0.2, 0.25) is 0 Å². The molecule has 2 N–H and O–H groups in total. The summed E-state index contributed by atoms with van der Waals surface area (Å²) in [4.78, 5) is 0. The van der Waals surface area contributed by atoms with Gasteiger partial charge in [0.2, 0.25) is 10.0 Å². The first kappa shape index (κ1) is 16.9. The lowest BCUT2D eigenvalue weighted by Gasteiger charge is -2.22. The van der Waals surface area contributed by atoms with Crippen molar-refractivity contribution in [3.63, 3.8) is 0 Å². The second kappa shape index (κ2) is 6.33. The van der Waals surface area contributed by atoms with Gasteiger partial charge in [-0.15, -0.1) is 0 Å². The average Bonchev–Trinajstić information content (AvgIpc) is 2.40. The lowest BCUT2D eigenvalue weighted by Crippen LogP contribution is -2.31. The molecule has 0 spiro atoms. The number of sulfonamides is 1. The summed E-state index contributed by atoms with van der Waals surface area (Å²) in [5.41, 5.74) is -1.54. The number of rotatable bonds is 4. The standard InChI is InChI=1S/C13H16F3NO4S/c14-13(15,16)9-4-5-12(18)11(7-9)17-22(19,20)8-10-3-1-2-6-21-10/h4-5,7,10,17-18H,1-3,6,8H2. The maximum absolute atomic E-state index is 12.6. The van der Waals surface area contributed by atoms with Crippen LogP contribution in [0.1, 0.15) is 24.8 Å². The largest absolute Gasteiger partial charge is 0.506 e. The minimum absolute atomic E-state index is 0.358. The number of ether oxygens (including phenoxy) is 1. The molecular formula is C13H16F3NO4S. The Balaban J connectivity index is 2.14. The van der Waals surface area contributed by atoms with Crippen molar-refractivity contribution in [2.75, 3.05) is 17.1 Å². The van der Waals surface area contributed by atoms with Crippen LogP contribution in [0.25, 0.3) is 0 Å². The molecule has 0 bridgehead atoms. The van der Waals surface area contributed by atoms with E-state index < -0.39 is 39.3 Å². The van der Waals surface area contributed by atoms with Crippen LogP contribution in [0.3, 0.4) is 0 Å². The van der Waals surface area contributed by atoms with Crippen LogP contribution in [0.4, 0.5) is 18.9 Å². The smallest absolute Gasteiger partial charge is 0.416 e. The van der Waals surface area contributed by atoms with E-state index in [-0.39, 0.29) is 5.75 Å². The van der Waals surface area contributed by atoms with Crippen LogP contribution < -0.4 is 4.72 Å². The molecule has 1 unspecified atom stereocenters. The average molecular weight is 339 g/mol. The SMILES string of the molecule is O=S(=O)(CC1CCCCO1)Nc1cc(C(F)(F)F)ccc1O. The van der Waals surface area contributed by atoms with E-state index in [0.717, 1.165) is 18.9 Å². The Morgan fingerprint density at radius 2 is 2.05 bits per heavy atom. The molecule has 0 radical (unpaired) electrons. The number of halogens is 3. The Morgan fingerprint density at radius 3 is 2.64 bits per heavy atom. The molecule has 1 saturated heterocycles. The quantitative estimate of drug-likeness (QED) is 0.827. The van der Waals surface area contributed by atoms with E-state index in [9.17, 15) is 26.7 Å². The van der Waals surface area contributed by atoms with Crippen LogP contribution in [0.5, 0.6) is 5.75 Å². The van der Waals surface area contributed by atoms with Crippen molar-refractivity contribution >= 4 is 15.7 Å². The third-order valence-electron chi connectivity index (χ3n) is 3.27. The zero-order chi connectivity index (χ0) is 16.4. The first-order valence-corrected chi connectivity index (χ1v) is 8.35. The van der Waals surface area contributed by atoms with Crippen LogP contribution in [0.15, 0.2) is 18.2 Å². The minimum atomic E-state index is -4.62. The maximum Gasteiger partial charge on any atom is 0.416 e. The first-order chi connectivity index (χ1) is 10.2. The van der Waals surface area contributed by atoms with E-state index in [1.807, 2.05) is 4.72 Å². The highest BCUT2D eigenvalue weighted by atomic mass is 32.2. The number of nitrogens with one attached hydrogen (secondary N) is 1. The second-order valence-electron chi connectivity index (χ2n) is 5.10. The van der Waals surface area contributed by atoms with Gasteiger partial charge in [-0.2, -0.15) is 13.2 Å². The van der Waals surface area contributed by atoms with Gasteiger partial charge in [-0.1, -0.05) is 0 Å². The van der Waals surface area contributed by atoms with E-state index in [0.29, 0.717) is 25.2 Å². The van der Waals surface area contributed by atoms with Crippen molar-refractivity contribution in [3.8, 4) is 5.75 Å². The lowest BCUT2D eigenvalue weighted by molar-refractivity contribution is -0.137. The molecule has 1 aromatic rings. The van der Waals surface area contributed by atoms with Gasteiger partial charge in [-0.05, 0) is 37.5 Å². The Morgan fingerprint density at radius 1 is 1.32 bits per heavy atom. The van der Waals surface area contributed by atoms with Crippen LogP contribution in [0, 0.1) is 0 Å². The highest BCUT2D eigenvalue weighted by Crippen LogP contribution is 2.35. The summed E-state index contributed by atoms with van der Waals surface area (Å²) >= 11 is 0. The molecule has 124 valence electrons. The van der Waals surface area contributed by atoms with Gasteiger partial charge in [0, 0.05) is 6.61 Å². The number of phenolic OH excluding ortho intramolecular Hbond substituents is 1. The Labute approximate surface area is 126 Å². The molecule has 0 aromatic heterocycles. The highest BCUT2D eigenvalue weighted by molar-refractivity contribution is 7.92. The summed E-state index contributed by atoms with van der Waals surface area (Å²) in [6.45, 7) is 0.467. The van der Waals surface area contributed by atoms with Gasteiger partial charge in [-0.3, -0.25) is 4.72 Å². The number of benzene rings is 1. The highest BCUT2D eigenvalue weighted by Gasteiger charge is 2.31. The van der Waals surface area contributed by atoms with Crippen molar-refractivity contribution in [3.05, 3.63) is 23.8 Å². The fourth-order valence-electron chi connectivity index (χ4n) is 2.19. The topological polar surface area (TPSA) is 75.6 Å². The molecule has 9 heteroatoms. The molecule has 1 atom stereocenters. The molecule has 1 aliphatic rings. The molecule has 1 heterocycles. The predicted octanol–water partition coefficient (Wildman–Crippen LogP) is 2.72. The first-order valence-electron chi connectivity index (χ1n) is 6.70. The minimum Gasteiger partial charge on any atom is -0.506 e. The predicted molar refractivity (Wildman–Crippen MR) is 74.1 cm³/mol. The van der Waals surface area contributed by atoms with Crippen LogP contribution in [-0.2, 0) is 20.9 Å². The van der Waals surface area contributed by atoms with Gasteiger partial charge >= 0.3 is 6.18 Å². The number of alkyl halides is 3. The van der Waals surface area contributed by atoms with Crippen molar-refractivity contribution in [2.24, 2.45) is 0 Å². The van der Waals surface area contributed by atoms with E-state index in [1.54, 1.807) is 0 Å². The summed E-state index contributed by atoms with van der Waals surface area (Å²) in [5.74, 6) is -0.927. The van der Waals surface area contributed by atoms with E-state index in [1.165, 1.54) is 0 Å². The molecule has 0 aliphatic carbocycles. The third kappa shape index (κ3) is 4.51. The molecule has 1 aromatic carbocycles. The van der Waals surface area contributed by atoms with E-state index in [4.69, 9.17) is 4.74 Å². The van der Waals surface area contributed by atoms with E-state index in [2.05, 4.69) is 0 Å². The zero-order valence-electron chi connectivity index (χ0n) is 11.6. The number of anilines is 1. The molecule has 22 heavy (non-hydrogen) atoms. The van der Waals surface area contributed by atoms with E-state index >= 15 is 0 Å². The summed E-state index contributed by atoms with van der Waals surface area (Å²) in [5, 5.41) is 9.54. The summed E-state index contributed by atoms with van der Waals surface area (Å²) < 4.78 is 69.2. The van der Waals surface area contributed by atoms with Gasteiger partial charge in [0.05, 0.1) is 23.1 Å². The Bertz CT molecular complexity index is 625. The Hall–Kier alpha value is -1.48. The van der Waals surface area contributed by atoms with Crippen molar-refractivity contribution in [1.82, 2.24) is 0 Å². The third-order valence-corrected chi connectivity index (χ3v) is 4.61. The molecule has 0 saturated carbocycles. The van der Waals surface area contributed by atoms with Gasteiger partial charge in [-0.25, -0.2) is 8.42 Å². The van der Waals surface area contributed by atoms with Gasteiger partial charge in [0.1, 0.15) is 5.75 Å². The number of hydrogen-bond donors (Lipinski definition) is 2. The molecule has 2 rings (SSSR count). The normalized spacial score (nSPS) is 19.9. The van der Waals surface area contributed by atoms with Crippen molar-refractivity contribution < 1.29 is 31.4 Å². The lowest BCUT2D eigenvalue weighted by atomic mass is 10.1. The summed E-state index contributed by atoms with van der Waals surface area (Å²) in [6, 6.07) is 2.05. The van der Waals surface area contributed by atoms with Crippen molar-refractivity contribution in [1.29, 1.82) is 0 Å². The summed E-state index contributed by atoms with van der Waals surface area (Å²) in [6.07, 6.45) is -2.83. The molecule has 1 fully saturated rings. The molecule has 1 aliphatic heterocycles. The van der Waals surface area contributed by atoms with Gasteiger partial charge in [0.25, 0.3) is 0 Å². The molecule has 5 nitrogen and oxygen atoms in total. The van der Waals surface area contributed by atoms with Crippen molar-refractivity contribution in [2.45, 2.75) is 31.5 Å². The van der Waals surface area contributed by atoms with Gasteiger partial charge in [0.15, 0.2) is 0 Å². The summed E-state index contributed by atoms with van der Waals surface area (Å²) in [7, 11) is -3.92. The number of phenols is 1. The Kier molecular flexibility index (Phi) is 4.86. The molecule has 0 amide bonds. The fourth-order valence-corrected chi connectivity index (χ4v) is 3.52. The molecular weight excluding hydrogens is 323 g/mol. The second-order valence-corrected chi connectivity index (χ2v) is 6.87. The van der Waals surface area contributed by atoms with Crippen LogP contribution >= 0.6 is 0 Å². The number of aromatic hydroxyl groups is 1. The zero-order valence-corrected chi connectivity index (χ0v) is 12.4. The fraction of sp³-hybridized carbons (Fsp3) is 0.538.